The van der Waals surface area contributed by atoms with Crippen LogP contribution in [0.15, 0.2) is 12.1 Å². The summed E-state index contributed by atoms with van der Waals surface area (Å²) in [6.07, 6.45) is 0.900. The van der Waals surface area contributed by atoms with Gasteiger partial charge in [0.2, 0.25) is 0 Å². The first-order valence-corrected chi connectivity index (χ1v) is 6.47. The Morgan fingerprint density at radius 1 is 1.39 bits per heavy atom. The quantitative estimate of drug-likeness (QED) is 0.857. The van der Waals surface area contributed by atoms with E-state index in [9.17, 15) is 4.39 Å². The number of hydrogen-bond donors (Lipinski definition) is 1. The maximum absolute atomic E-state index is 13.7. The van der Waals surface area contributed by atoms with Gasteiger partial charge in [-0.25, -0.2) is 4.39 Å². The van der Waals surface area contributed by atoms with Crippen LogP contribution < -0.4 is 10.1 Å². The summed E-state index contributed by atoms with van der Waals surface area (Å²) >= 11 is 0. The van der Waals surface area contributed by atoms with Crippen molar-refractivity contribution in [3.05, 3.63) is 29.1 Å². The van der Waals surface area contributed by atoms with Crippen molar-refractivity contribution in [2.45, 2.75) is 52.7 Å². The summed E-state index contributed by atoms with van der Waals surface area (Å²) < 4.78 is 19.7. The standard InChI is InChI=1S/C15H24FNO/c1-7-15(4,5)18-14-8-10(2)13(16)9-12(14)11(3)17-6/h8-9,11,17H,7H2,1-6H3. The molecule has 1 N–H and O–H groups in total. The van der Waals surface area contributed by atoms with Crippen LogP contribution in [0.25, 0.3) is 0 Å². The molecule has 0 aromatic heterocycles. The van der Waals surface area contributed by atoms with Gasteiger partial charge in [0, 0.05) is 11.6 Å². The van der Waals surface area contributed by atoms with Crippen LogP contribution in [0, 0.1) is 12.7 Å². The van der Waals surface area contributed by atoms with Crippen LogP contribution in [0.3, 0.4) is 0 Å². The molecule has 0 saturated carbocycles. The van der Waals surface area contributed by atoms with Crippen LogP contribution in [-0.2, 0) is 0 Å². The highest BCUT2D eigenvalue weighted by atomic mass is 19.1. The molecule has 0 amide bonds. The molecule has 1 rings (SSSR count). The molecule has 1 unspecified atom stereocenters. The van der Waals surface area contributed by atoms with Crippen molar-refractivity contribution in [2.24, 2.45) is 0 Å². The van der Waals surface area contributed by atoms with Gasteiger partial charge in [-0.2, -0.15) is 0 Å². The van der Waals surface area contributed by atoms with Gasteiger partial charge < -0.3 is 10.1 Å². The fourth-order valence-electron chi connectivity index (χ4n) is 1.62. The molecule has 1 aromatic carbocycles. The lowest BCUT2D eigenvalue weighted by Gasteiger charge is -2.28. The molecule has 18 heavy (non-hydrogen) atoms. The molecule has 0 fully saturated rings. The molecule has 102 valence electrons. The largest absolute Gasteiger partial charge is 0.488 e. The second-order valence-electron chi connectivity index (χ2n) is 5.36. The average Bonchev–Trinajstić information content (AvgIpc) is 2.32. The van der Waals surface area contributed by atoms with Gasteiger partial charge in [-0.1, -0.05) is 6.92 Å². The van der Waals surface area contributed by atoms with Gasteiger partial charge >= 0.3 is 0 Å². The van der Waals surface area contributed by atoms with Gasteiger partial charge in [0.25, 0.3) is 0 Å². The van der Waals surface area contributed by atoms with E-state index >= 15 is 0 Å². The highest BCUT2D eigenvalue weighted by molar-refractivity contribution is 5.40. The van der Waals surface area contributed by atoms with E-state index in [4.69, 9.17) is 4.74 Å². The molecule has 0 bridgehead atoms. The predicted octanol–water partition coefficient (Wildman–Crippen LogP) is 3.98. The Kier molecular flexibility index (Phi) is 4.74. The SMILES string of the molecule is CCC(C)(C)Oc1cc(C)c(F)cc1C(C)NC. The molecule has 0 radical (unpaired) electrons. The zero-order valence-electron chi connectivity index (χ0n) is 12.2. The summed E-state index contributed by atoms with van der Waals surface area (Å²) in [4.78, 5) is 0. The molecule has 3 heteroatoms. The molecule has 0 aliphatic heterocycles. The molecule has 1 atom stereocenters. The van der Waals surface area contributed by atoms with Gasteiger partial charge in [0.1, 0.15) is 17.2 Å². The Hall–Kier alpha value is -1.09. The molecular weight excluding hydrogens is 229 g/mol. The van der Waals surface area contributed by atoms with E-state index in [-0.39, 0.29) is 17.5 Å². The lowest BCUT2D eigenvalue weighted by atomic mass is 10.0. The molecule has 0 spiro atoms. The first-order valence-electron chi connectivity index (χ1n) is 6.47. The third-order valence-corrected chi connectivity index (χ3v) is 3.43. The van der Waals surface area contributed by atoms with Crippen molar-refractivity contribution < 1.29 is 9.13 Å². The van der Waals surface area contributed by atoms with Crippen molar-refractivity contribution in [1.82, 2.24) is 5.32 Å². The number of ether oxygens (including phenoxy) is 1. The molecule has 0 saturated heterocycles. The van der Waals surface area contributed by atoms with E-state index in [2.05, 4.69) is 12.2 Å². The van der Waals surface area contributed by atoms with E-state index in [0.29, 0.717) is 5.56 Å². The number of hydrogen-bond acceptors (Lipinski definition) is 2. The lowest BCUT2D eigenvalue weighted by molar-refractivity contribution is 0.103. The number of rotatable bonds is 5. The van der Waals surface area contributed by atoms with E-state index < -0.39 is 0 Å². The molecule has 1 aromatic rings. The van der Waals surface area contributed by atoms with Crippen LogP contribution in [0.4, 0.5) is 4.39 Å². The minimum Gasteiger partial charge on any atom is -0.488 e. The summed E-state index contributed by atoms with van der Waals surface area (Å²) in [5.41, 5.74) is 1.23. The van der Waals surface area contributed by atoms with Gasteiger partial charge in [-0.05, 0) is 58.9 Å². The fourth-order valence-corrected chi connectivity index (χ4v) is 1.62. The van der Waals surface area contributed by atoms with Gasteiger partial charge in [-0.15, -0.1) is 0 Å². The number of aryl methyl sites for hydroxylation is 1. The second-order valence-corrected chi connectivity index (χ2v) is 5.36. The summed E-state index contributed by atoms with van der Waals surface area (Å²) in [7, 11) is 1.86. The Labute approximate surface area is 110 Å². The minimum absolute atomic E-state index is 0.0581. The van der Waals surface area contributed by atoms with Crippen LogP contribution in [0.2, 0.25) is 0 Å². The zero-order chi connectivity index (χ0) is 13.9. The smallest absolute Gasteiger partial charge is 0.126 e. The summed E-state index contributed by atoms with van der Waals surface area (Å²) in [5, 5.41) is 3.13. The monoisotopic (exact) mass is 253 g/mol. The van der Waals surface area contributed by atoms with Crippen molar-refractivity contribution in [2.75, 3.05) is 7.05 Å². The van der Waals surface area contributed by atoms with Crippen LogP contribution in [0.1, 0.15) is 51.3 Å². The van der Waals surface area contributed by atoms with Gasteiger partial charge in [0.05, 0.1) is 0 Å². The van der Waals surface area contributed by atoms with E-state index in [0.717, 1.165) is 17.7 Å². The Morgan fingerprint density at radius 2 is 2.00 bits per heavy atom. The molecule has 2 nitrogen and oxygen atoms in total. The van der Waals surface area contributed by atoms with Crippen molar-refractivity contribution >= 4 is 0 Å². The predicted molar refractivity (Wildman–Crippen MR) is 73.6 cm³/mol. The van der Waals surface area contributed by atoms with Crippen LogP contribution in [-0.4, -0.2) is 12.6 Å². The maximum Gasteiger partial charge on any atom is 0.126 e. The summed E-state index contributed by atoms with van der Waals surface area (Å²) in [6, 6.07) is 3.41. The second kappa shape index (κ2) is 5.70. The van der Waals surface area contributed by atoms with Crippen LogP contribution >= 0.6 is 0 Å². The van der Waals surface area contributed by atoms with Crippen molar-refractivity contribution in [3.8, 4) is 5.75 Å². The average molecular weight is 253 g/mol. The first-order chi connectivity index (χ1) is 8.30. The topological polar surface area (TPSA) is 21.3 Å². The Balaban J connectivity index is 3.19. The highest BCUT2D eigenvalue weighted by Gasteiger charge is 2.21. The van der Waals surface area contributed by atoms with Crippen LogP contribution in [0.5, 0.6) is 5.75 Å². The lowest BCUT2D eigenvalue weighted by Crippen LogP contribution is -2.28. The minimum atomic E-state index is -0.244. The normalized spacial score (nSPS) is 13.5. The van der Waals surface area contributed by atoms with E-state index in [1.807, 2.05) is 27.8 Å². The fraction of sp³-hybridized carbons (Fsp3) is 0.600. The van der Waals surface area contributed by atoms with Crippen molar-refractivity contribution in [3.63, 3.8) is 0 Å². The Morgan fingerprint density at radius 3 is 2.50 bits per heavy atom. The molecule has 0 aliphatic rings. The number of benzene rings is 1. The Bertz CT molecular complexity index is 415. The third kappa shape index (κ3) is 3.45. The number of halogens is 1. The molecular formula is C15H24FNO. The maximum atomic E-state index is 13.7. The summed E-state index contributed by atoms with van der Waals surface area (Å²) in [6.45, 7) is 9.92. The molecule has 0 heterocycles. The highest BCUT2D eigenvalue weighted by Crippen LogP contribution is 2.31. The van der Waals surface area contributed by atoms with Gasteiger partial charge in [-0.3, -0.25) is 0 Å². The van der Waals surface area contributed by atoms with E-state index in [1.54, 1.807) is 19.1 Å². The van der Waals surface area contributed by atoms with Gasteiger partial charge in [0.15, 0.2) is 0 Å². The summed E-state index contributed by atoms with van der Waals surface area (Å²) in [5.74, 6) is 0.580. The molecule has 0 aliphatic carbocycles. The number of nitrogens with one attached hydrogen (secondary N) is 1. The first kappa shape index (κ1) is 15.0. The zero-order valence-corrected chi connectivity index (χ0v) is 12.2. The third-order valence-electron chi connectivity index (χ3n) is 3.43. The van der Waals surface area contributed by atoms with Crippen molar-refractivity contribution in [1.29, 1.82) is 0 Å². The van der Waals surface area contributed by atoms with E-state index in [1.165, 1.54) is 0 Å².